The minimum Gasteiger partial charge on any atom is -0.345 e. The molecular weight excluding hydrogens is 283 g/mol. The Balaban J connectivity index is 1.75. The molecule has 0 radical (unpaired) electrons. The van der Waals surface area contributed by atoms with Crippen molar-refractivity contribution in [2.45, 2.75) is 6.54 Å². The molecule has 1 N–H and O–H groups in total. The maximum absolute atomic E-state index is 13.5. The molecule has 2 heterocycles. The lowest BCUT2D eigenvalue weighted by molar-refractivity contribution is 0.0945. The molecule has 1 amide bonds. The highest BCUT2D eigenvalue weighted by Gasteiger charge is 2.12. The fourth-order valence-electron chi connectivity index (χ4n) is 2.10. The highest BCUT2D eigenvalue weighted by molar-refractivity contribution is 5.94. The van der Waals surface area contributed by atoms with Gasteiger partial charge in [-0.2, -0.15) is 0 Å². The molecule has 6 heteroatoms. The van der Waals surface area contributed by atoms with Gasteiger partial charge in [0.05, 0.1) is 18.3 Å². The monoisotopic (exact) mass is 296 g/mol. The molecular formula is C16H13FN4O. The van der Waals surface area contributed by atoms with E-state index in [1.807, 2.05) is 41.1 Å². The molecule has 2 aromatic heterocycles. The Labute approximate surface area is 126 Å². The van der Waals surface area contributed by atoms with E-state index in [2.05, 4.69) is 15.3 Å². The summed E-state index contributed by atoms with van der Waals surface area (Å²) in [5.41, 5.74) is 0.909. The number of nitrogens with zero attached hydrogens (tertiary/aromatic N) is 3. The standard InChI is InChI=1S/C16H13FN4O/c17-14-10-18-7-6-13(14)16(22)20-11-15-19-8-9-21(15)12-4-2-1-3-5-12/h1-10H,11H2,(H,20,22). The van der Waals surface area contributed by atoms with E-state index in [1.54, 1.807) is 6.20 Å². The van der Waals surface area contributed by atoms with Crippen molar-refractivity contribution in [3.05, 3.63) is 78.4 Å². The largest absolute Gasteiger partial charge is 0.345 e. The number of pyridine rings is 1. The second-order valence-corrected chi connectivity index (χ2v) is 4.59. The zero-order valence-electron chi connectivity index (χ0n) is 11.6. The van der Waals surface area contributed by atoms with Crippen LogP contribution in [0.25, 0.3) is 5.69 Å². The van der Waals surface area contributed by atoms with E-state index in [1.165, 1.54) is 12.3 Å². The van der Waals surface area contributed by atoms with Crippen LogP contribution >= 0.6 is 0 Å². The molecule has 0 saturated heterocycles. The maximum Gasteiger partial charge on any atom is 0.254 e. The quantitative estimate of drug-likeness (QED) is 0.804. The lowest BCUT2D eigenvalue weighted by atomic mass is 10.2. The summed E-state index contributed by atoms with van der Waals surface area (Å²) in [6, 6.07) is 11.0. The molecule has 0 aliphatic rings. The van der Waals surface area contributed by atoms with Crippen molar-refractivity contribution in [3.63, 3.8) is 0 Å². The highest BCUT2D eigenvalue weighted by Crippen LogP contribution is 2.10. The van der Waals surface area contributed by atoms with E-state index < -0.39 is 11.7 Å². The first-order chi connectivity index (χ1) is 10.8. The van der Waals surface area contributed by atoms with Gasteiger partial charge in [-0.25, -0.2) is 9.37 Å². The molecule has 22 heavy (non-hydrogen) atoms. The van der Waals surface area contributed by atoms with Crippen LogP contribution in [0.1, 0.15) is 16.2 Å². The van der Waals surface area contributed by atoms with E-state index >= 15 is 0 Å². The zero-order chi connectivity index (χ0) is 15.4. The molecule has 3 aromatic rings. The van der Waals surface area contributed by atoms with Gasteiger partial charge in [0.1, 0.15) is 5.82 Å². The molecule has 3 rings (SSSR count). The molecule has 0 bridgehead atoms. The third-order valence-corrected chi connectivity index (χ3v) is 3.18. The van der Waals surface area contributed by atoms with Gasteiger partial charge >= 0.3 is 0 Å². The van der Waals surface area contributed by atoms with E-state index in [0.29, 0.717) is 5.82 Å². The predicted octanol–water partition coefficient (Wildman–Crippen LogP) is 2.34. The third-order valence-electron chi connectivity index (χ3n) is 3.18. The molecule has 0 unspecified atom stereocenters. The van der Waals surface area contributed by atoms with Gasteiger partial charge in [0, 0.05) is 24.3 Å². The van der Waals surface area contributed by atoms with Crippen molar-refractivity contribution in [2.75, 3.05) is 0 Å². The summed E-state index contributed by atoms with van der Waals surface area (Å²) in [6.07, 6.45) is 5.86. The fraction of sp³-hybridized carbons (Fsp3) is 0.0625. The fourth-order valence-corrected chi connectivity index (χ4v) is 2.10. The predicted molar refractivity (Wildman–Crippen MR) is 78.9 cm³/mol. The Hall–Kier alpha value is -3.02. The topological polar surface area (TPSA) is 59.8 Å². The smallest absolute Gasteiger partial charge is 0.254 e. The number of halogens is 1. The van der Waals surface area contributed by atoms with Gasteiger partial charge in [-0.1, -0.05) is 18.2 Å². The average molecular weight is 296 g/mol. The number of imidazole rings is 1. The number of para-hydroxylation sites is 1. The second kappa shape index (κ2) is 6.17. The molecule has 110 valence electrons. The summed E-state index contributed by atoms with van der Waals surface area (Å²) in [5.74, 6) is -0.483. The van der Waals surface area contributed by atoms with Crippen molar-refractivity contribution in [3.8, 4) is 5.69 Å². The summed E-state index contributed by atoms with van der Waals surface area (Å²) in [5, 5.41) is 2.66. The first-order valence-corrected chi connectivity index (χ1v) is 6.71. The number of carbonyl (C=O) groups is 1. The summed E-state index contributed by atoms with van der Waals surface area (Å²) in [7, 11) is 0. The third kappa shape index (κ3) is 2.85. The molecule has 0 spiro atoms. The van der Waals surface area contributed by atoms with Crippen LogP contribution in [-0.2, 0) is 6.54 Å². The van der Waals surface area contributed by atoms with Crippen LogP contribution in [0.2, 0.25) is 0 Å². The van der Waals surface area contributed by atoms with Crippen molar-refractivity contribution >= 4 is 5.91 Å². The van der Waals surface area contributed by atoms with Gasteiger partial charge in [0.15, 0.2) is 5.82 Å². The van der Waals surface area contributed by atoms with Gasteiger partial charge in [-0.15, -0.1) is 0 Å². The highest BCUT2D eigenvalue weighted by atomic mass is 19.1. The molecule has 0 aliphatic heterocycles. The van der Waals surface area contributed by atoms with Crippen LogP contribution in [0.5, 0.6) is 0 Å². The molecule has 5 nitrogen and oxygen atoms in total. The van der Waals surface area contributed by atoms with Crippen molar-refractivity contribution in [2.24, 2.45) is 0 Å². The number of rotatable bonds is 4. The van der Waals surface area contributed by atoms with Crippen molar-refractivity contribution < 1.29 is 9.18 Å². The van der Waals surface area contributed by atoms with Gasteiger partial charge in [-0.3, -0.25) is 9.78 Å². The molecule has 0 saturated carbocycles. The Morgan fingerprint density at radius 3 is 2.77 bits per heavy atom. The van der Waals surface area contributed by atoms with Crippen LogP contribution in [0, 0.1) is 5.82 Å². The van der Waals surface area contributed by atoms with Crippen molar-refractivity contribution in [1.82, 2.24) is 19.9 Å². The van der Waals surface area contributed by atoms with Gasteiger partial charge in [0.25, 0.3) is 5.91 Å². The molecule has 0 aliphatic carbocycles. The minimum atomic E-state index is -0.647. The Bertz CT molecular complexity index is 786. The van der Waals surface area contributed by atoms with E-state index in [4.69, 9.17) is 0 Å². The minimum absolute atomic E-state index is 0.0344. The number of amides is 1. The van der Waals surface area contributed by atoms with E-state index in [0.717, 1.165) is 11.9 Å². The normalized spacial score (nSPS) is 10.4. The van der Waals surface area contributed by atoms with Crippen LogP contribution in [0.15, 0.2) is 61.2 Å². The maximum atomic E-state index is 13.5. The van der Waals surface area contributed by atoms with Gasteiger partial charge in [0.2, 0.25) is 0 Å². The molecule has 0 atom stereocenters. The molecule has 1 aromatic carbocycles. The van der Waals surface area contributed by atoms with Crippen molar-refractivity contribution in [1.29, 1.82) is 0 Å². The van der Waals surface area contributed by atoms with Crippen LogP contribution in [-0.4, -0.2) is 20.4 Å². The summed E-state index contributed by atoms with van der Waals surface area (Å²) >= 11 is 0. The van der Waals surface area contributed by atoms with Gasteiger partial charge < -0.3 is 9.88 Å². The second-order valence-electron chi connectivity index (χ2n) is 4.59. The van der Waals surface area contributed by atoms with Crippen LogP contribution in [0.4, 0.5) is 4.39 Å². The Morgan fingerprint density at radius 1 is 1.18 bits per heavy atom. The number of aromatic nitrogens is 3. The Morgan fingerprint density at radius 2 is 2.00 bits per heavy atom. The zero-order valence-corrected chi connectivity index (χ0v) is 11.6. The number of carbonyl (C=O) groups excluding carboxylic acids is 1. The first kappa shape index (κ1) is 13.9. The molecule has 0 fully saturated rings. The number of benzene rings is 1. The summed E-state index contributed by atoms with van der Waals surface area (Å²) in [4.78, 5) is 19.8. The van der Waals surface area contributed by atoms with Crippen LogP contribution < -0.4 is 5.32 Å². The summed E-state index contributed by atoms with van der Waals surface area (Å²) in [6.45, 7) is 0.197. The number of hydrogen-bond donors (Lipinski definition) is 1. The van der Waals surface area contributed by atoms with E-state index in [9.17, 15) is 9.18 Å². The van der Waals surface area contributed by atoms with Gasteiger partial charge in [-0.05, 0) is 18.2 Å². The van der Waals surface area contributed by atoms with Crippen LogP contribution in [0.3, 0.4) is 0 Å². The SMILES string of the molecule is O=C(NCc1nccn1-c1ccccc1)c1ccncc1F. The number of nitrogens with one attached hydrogen (secondary N) is 1. The lowest BCUT2D eigenvalue weighted by Gasteiger charge is -2.09. The first-order valence-electron chi connectivity index (χ1n) is 6.71. The lowest BCUT2D eigenvalue weighted by Crippen LogP contribution is -2.25. The summed E-state index contributed by atoms with van der Waals surface area (Å²) < 4.78 is 15.4. The average Bonchev–Trinajstić information content (AvgIpc) is 3.02. The van der Waals surface area contributed by atoms with E-state index in [-0.39, 0.29) is 12.1 Å². The Kier molecular flexibility index (Phi) is 3.91. The number of hydrogen-bond acceptors (Lipinski definition) is 3.